The van der Waals surface area contributed by atoms with E-state index in [2.05, 4.69) is 6.58 Å². The van der Waals surface area contributed by atoms with Crippen LogP contribution in [0.4, 0.5) is 0 Å². The predicted molar refractivity (Wildman–Crippen MR) is 42.0 cm³/mol. The van der Waals surface area contributed by atoms with Crippen molar-refractivity contribution in [2.24, 2.45) is 0 Å². The monoisotopic (exact) mass is 145 g/mol. The van der Waals surface area contributed by atoms with Gasteiger partial charge in [-0.1, -0.05) is 6.58 Å². The molecule has 0 aliphatic carbocycles. The summed E-state index contributed by atoms with van der Waals surface area (Å²) in [6.07, 6.45) is 1.35. The molecule has 0 bridgehead atoms. The quantitative estimate of drug-likeness (QED) is 0.597. The van der Waals surface area contributed by atoms with Crippen LogP contribution in [0, 0.1) is 11.3 Å². The largest absolute Gasteiger partial charge is 0.466 e. The van der Waals surface area contributed by atoms with E-state index in [1.807, 2.05) is 6.07 Å². The molecule has 0 fully saturated rings. The fourth-order valence-electron chi connectivity index (χ4n) is 0.704. The zero-order valence-corrected chi connectivity index (χ0v) is 5.95. The number of ether oxygens (including phenoxy) is 1. The maximum Gasteiger partial charge on any atom is 0.126 e. The van der Waals surface area contributed by atoms with Crippen LogP contribution in [-0.2, 0) is 0 Å². The predicted octanol–water partition coefficient (Wildman–Crippen LogP) is 2.08. The van der Waals surface area contributed by atoms with E-state index in [9.17, 15) is 0 Å². The van der Waals surface area contributed by atoms with Crippen LogP contribution in [0.15, 0.2) is 37.1 Å². The molecule has 0 saturated carbocycles. The minimum absolute atomic E-state index is 0.626. The summed E-state index contributed by atoms with van der Waals surface area (Å²) in [5.41, 5.74) is 0.626. The molecule has 0 saturated heterocycles. The highest BCUT2D eigenvalue weighted by atomic mass is 16.5. The van der Waals surface area contributed by atoms with Gasteiger partial charge in [-0.3, -0.25) is 0 Å². The first-order valence-electron chi connectivity index (χ1n) is 3.14. The topological polar surface area (TPSA) is 33.0 Å². The van der Waals surface area contributed by atoms with Crippen molar-refractivity contribution in [3.8, 4) is 11.8 Å². The number of nitriles is 1. The summed E-state index contributed by atoms with van der Waals surface area (Å²) in [5.74, 6) is 0.694. The Kier molecular flexibility index (Phi) is 2.29. The third-order valence-corrected chi connectivity index (χ3v) is 1.20. The summed E-state index contributed by atoms with van der Waals surface area (Å²) in [4.78, 5) is 0. The van der Waals surface area contributed by atoms with Crippen molar-refractivity contribution in [3.05, 3.63) is 42.7 Å². The number of hydrogen-bond acceptors (Lipinski definition) is 2. The minimum atomic E-state index is 0.626. The highest BCUT2D eigenvalue weighted by molar-refractivity contribution is 5.34. The first kappa shape index (κ1) is 7.36. The lowest BCUT2D eigenvalue weighted by Gasteiger charge is -1.96. The molecule has 0 aliphatic rings. The molecule has 1 rings (SSSR count). The van der Waals surface area contributed by atoms with Crippen molar-refractivity contribution in [1.29, 1.82) is 5.26 Å². The van der Waals surface area contributed by atoms with Crippen LogP contribution in [0.2, 0.25) is 0 Å². The van der Waals surface area contributed by atoms with Crippen LogP contribution in [0.3, 0.4) is 0 Å². The van der Waals surface area contributed by atoms with E-state index in [1.165, 1.54) is 6.26 Å². The fourth-order valence-corrected chi connectivity index (χ4v) is 0.704. The third-order valence-electron chi connectivity index (χ3n) is 1.20. The summed E-state index contributed by atoms with van der Waals surface area (Å²) in [5, 5.41) is 8.45. The average Bonchev–Trinajstić information content (AvgIpc) is 2.07. The molecule has 0 N–H and O–H groups in total. The first-order chi connectivity index (χ1) is 5.36. The van der Waals surface area contributed by atoms with Crippen LogP contribution in [0.1, 0.15) is 5.56 Å². The Hall–Kier alpha value is -1.75. The molecule has 11 heavy (non-hydrogen) atoms. The van der Waals surface area contributed by atoms with Gasteiger partial charge in [-0.25, -0.2) is 0 Å². The van der Waals surface area contributed by atoms with Crippen LogP contribution in [0.5, 0.6) is 5.75 Å². The lowest BCUT2D eigenvalue weighted by atomic mass is 10.2. The fraction of sp³-hybridized carbons (Fsp3) is 0. The number of rotatable bonds is 2. The van der Waals surface area contributed by atoms with E-state index in [0.717, 1.165) is 0 Å². The van der Waals surface area contributed by atoms with Crippen LogP contribution in [0.25, 0.3) is 0 Å². The molecule has 1 aromatic carbocycles. The third kappa shape index (κ3) is 1.84. The Balaban J connectivity index is 2.84. The first-order valence-corrected chi connectivity index (χ1v) is 3.14. The van der Waals surface area contributed by atoms with Crippen molar-refractivity contribution in [1.82, 2.24) is 0 Å². The molecule has 0 radical (unpaired) electrons. The van der Waals surface area contributed by atoms with E-state index < -0.39 is 0 Å². The van der Waals surface area contributed by atoms with Gasteiger partial charge in [-0.2, -0.15) is 5.26 Å². The Bertz CT molecular complexity index is 281. The molecule has 0 spiro atoms. The zero-order valence-electron chi connectivity index (χ0n) is 5.95. The Morgan fingerprint density at radius 2 is 2.00 bits per heavy atom. The SMILES string of the molecule is C=COc1ccc(C#N)cc1. The Labute approximate surface area is 65.3 Å². The lowest BCUT2D eigenvalue weighted by molar-refractivity contribution is 0.483. The zero-order chi connectivity index (χ0) is 8.10. The second-order valence-electron chi connectivity index (χ2n) is 1.92. The van der Waals surface area contributed by atoms with Crippen molar-refractivity contribution < 1.29 is 4.74 Å². The van der Waals surface area contributed by atoms with Crippen molar-refractivity contribution in [3.63, 3.8) is 0 Å². The number of nitrogens with zero attached hydrogens (tertiary/aromatic N) is 1. The highest BCUT2D eigenvalue weighted by Crippen LogP contribution is 2.10. The maximum absolute atomic E-state index is 8.45. The van der Waals surface area contributed by atoms with Crippen LogP contribution >= 0.6 is 0 Å². The summed E-state index contributed by atoms with van der Waals surface area (Å²) in [6, 6.07) is 8.85. The van der Waals surface area contributed by atoms with Crippen molar-refractivity contribution in [2.45, 2.75) is 0 Å². The van der Waals surface area contributed by atoms with Crippen molar-refractivity contribution in [2.75, 3.05) is 0 Å². The normalized spacial score (nSPS) is 8.27. The molecule has 0 atom stereocenters. The molecule has 2 heteroatoms. The van der Waals surface area contributed by atoms with E-state index in [-0.39, 0.29) is 0 Å². The molecule has 0 aliphatic heterocycles. The minimum Gasteiger partial charge on any atom is -0.466 e. The van der Waals surface area contributed by atoms with Gasteiger partial charge < -0.3 is 4.74 Å². The van der Waals surface area contributed by atoms with Gasteiger partial charge in [0.25, 0.3) is 0 Å². The molecule has 1 aromatic rings. The lowest BCUT2D eigenvalue weighted by Crippen LogP contribution is -1.80. The molecular weight excluding hydrogens is 138 g/mol. The van der Waals surface area contributed by atoms with Gasteiger partial charge >= 0.3 is 0 Å². The summed E-state index contributed by atoms with van der Waals surface area (Å²) in [7, 11) is 0. The molecule has 0 heterocycles. The molecular formula is C9H7NO. The smallest absolute Gasteiger partial charge is 0.126 e. The van der Waals surface area contributed by atoms with Gasteiger partial charge in [0.1, 0.15) is 5.75 Å². The summed E-state index contributed by atoms with van der Waals surface area (Å²) < 4.78 is 4.96. The van der Waals surface area contributed by atoms with E-state index in [1.54, 1.807) is 24.3 Å². The van der Waals surface area contributed by atoms with Gasteiger partial charge in [0, 0.05) is 0 Å². The standard InChI is InChI=1S/C9H7NO/c1-2-11-9-5-3-8(7-10)4-6-9/h2-6H,1H2. The van der Waals surface area contributed by atoms with Crippen LogP contribution in [-0.4, -0.2) is 0 Å². The molecule has 0 amide bonds. The summed E-state index contributed by atoms with van der Waals surface area (Å²) >= 11 is 0. The molecule has 2 nitrogen and oxygen atoms in total. The average molecular weight is 145 g/mol. The second-order valence-corrected chi connectivity index (χ2v) is 1.92. The van der Waals surface area contributed by atoms with Gasteiger partial charge in [0.2, 0.25) is 0 Å². The van der Waals surface area contributed by atoms with Crippen LogP contribution < -0.4 is 4.74 Å². The van der Waals surface area contributed by atoms with E-state index in [4.69, 9.17) is 10.00 Å². The summed E-state index contributed by atoms with van der Waals surface area (Å²) in [6.45, 7) is 3.41. The molecule has 0 unspecified atom stereocenters. The molecule has 54 valence electrons. The van der Waals surface area contributed by atoms with Gasteiger partial charge in [0.05, 0.1) is 17.9 Å². The van der Waals surface area contributed by atoms with Crippen molar-refractivity contribution >= 4 is 0 Å². The second kappa shape index (κ2) is 3.43. The Morgan fingerprint density at radius 1 is 1.36 bits per heavy atom. The molecule has 0 aromatic heterocycles. The number of benzene rings is 1. The van der Waals surface area contributed by atoms with Gasteiger partial charge in [-0.05, 0) is 24.3 Å². The Morgan fingerprint density at radius 3 is 2.45 bits per heavy atom. The van der Waals surface area contributed by atoms with Gasteiger partial charge in [0.15, 0.2) is 0 Å². The maximum atomic E-state index is 8.45. The highest BCUT2D eigenvalue weighted by Gasteiger charge is 1.90. The van der Waals surface area contributed by atoms with Gasteiger partial charge in [-0.15, -0.1) is 0 Å². The van der Waals surface area contributed by atoms with E-state index >= 15 is 0 Å². The van der Waals surface area contributed by atoms with E-state index in [0.29, 0.717) is 11.3 Å². The number of hydrogen-bond donors (Lipinski definition) is 0.